The monoisotopic (exact) mass is 601 g/mol. The molecule has 0 saturated heterocycles. The highest BCUT2D eigenvalue weighted by atomic mass is 35.5. The quantitative estimate of drug-likeness (QED) is 0.331. The fourth-order valence-corrected chi connectivity index (χ4v) is 6.87. The third-order valence-corrected chi connectivity index (χ3v) is 9.15. The standard InChI is InChI=1S/C29H29Cl2N3O7/c1-33(2)18-10-13(11-5-6-16(30)17(31)9-11)23(35)20-14(18)7-12-8-15-22(34(3)4)25(37)21(28(32)40)27(39)29(15,41)26(38)19(12)24(20)36/h5-6,9-10,12,15,22,35-36,39,41H,7-8H2,1-4H3,(H2,32,40). The molecule has 1 saturated carbocycles. The summed E-state index contributed by atoms with van der Waals surface area (Å²) in [6.45, 7) is 0. The molecule has 1 amide bonds. The Labute approximate surface area is 245 Å². The first-order chi connectivity index (χ1) is 19.1. The Morgan fingerprint density at radius 2 is 1.71 bits per heavy atom. The van der Waals surface area contributed by atoms with Gasteiger partial charge in [-0.15, -0.1) is 0 Å². The summed E-state index contributed by atoms with van der Waals surface area (Å²) >= 11 is 12.3. The first-order valence-corrected chi connectivity index (χ1v) is 13.5. The molecule has 2 aromatic rings. The van der Waals surface area contributed by atoms with Crippen molar-refractivity contribution < 1.29 is 34.8 Å². The largest absolute Gasteiger partial charge is 0.508 e. The molecule has 0 bridgehead atoms. The van der Waals surface area contributed by atoms with E-state index in [4.69, 9.17) is 28.9 Å². The number of carbonyl (C=O) groups is 3. The molecule has 2 aromatic carbocycles. The van der Waals surface area contributed by atoms with Crippen molar-refractivity contribution in [2.24, 2.45) is 17.6 Å². The van der Waals surface area contributed by atoms with Crippen molar-refractivity contribution >= 4 is 52.1 Å². The first kappa shape index (κ1) is 28.9. The number of aromatic hydroxyl groups is 1. The van der Waals surface area contributed by atoms with E-state index in [0.29, 0.717) is 27.4 Å². The van der Waals surface area contributed by atoms with Gasteiger partial charge in [-0.2, -0.15) is 0 Å². The number of aliphatic hydroxyl groups excluding tert-OH is 2. The Morgan fingerprint density at radius 3 is 2.27 bits per heavy atom. The van der Waals surface area contributed by atoms with Crippen LogP contribution in [0.15, 0.2) is 41.2 Å². The van der Waals surface area contributed by atoms with Gasteiger partial charge in [0.05, 0.1) is 21.7 Å². The molecule has 0 aromatic heterocycles. The summed E-state index contributed by atoms with van der Waals surface area (Å²) < 4.78 is 0. The van der Waals surface area contributed by atoms with Gasteiger partial charge in [-0.3, -0.25) is 19.3 Å². The number of fused-ring (bicyclic) bond motifs is 3. The molecule has 4 unspecified atom stereocenters. The third kappa shape index (κ3) is 4.04. The Kier molecular flexibility index (Phi) is 6.89. The SMILES string of the molecule is CN(C)c1cc(-c2ccc(Cl)c(Cl)c2)c(O)c2c1CC1CC3C(N(C)C)C(=O)C(C(N)=O)=C(O)C3(O)C(=O)C1=C2O. The summed E-state index contributed by atoms with van der Waals surface area (Å²) in [6, 6.07) is 5.38. The molecule has 10 nitrogen and oxygen atoms in total. The maximum Gasteiger partial charge on any atom is 0.255 e. The molecular formula is C29H29Cl2N3O7. The average Bonchev–Trinajstić information content (AvgIpc) is 2.87. The number of phenols is 1. The second-order valence-electron chi connectivity index (χ2n) is 11.1. The van der Waals surface area contributed by atoms with Gasteiger partial charge in [0.25, 0.3) is 5.91 Å². The number of rotatable bonds is 4. The van der Waals surface area contributed by atoms with Crippen molar-refractivity contribution in [3.8, 4) is 16.9 Å². The number of ketones is 2. The number of carbonyl (C=O) groups excluding carboxylic acids is 3. The van der Waals surface area contributed by atoms with Gasteiger partial charge in [-0.05, 0) is 62.2 Å². The fraction of sp³-hybridized carbons (Fsp3) is 0.345. The van der Waals surface area contributed by atoms with E-state index in [0.717, 1.165) is 0 Å². The van der Waals surface area contributed by atoms with E-state index in [1.165, 1.54) is 4.90 Å². The number of likely N-dealkylation sites (N-methyl/N-ethyl adjacent to an activating group) is 1. The number of halogens is 2. The number of benzene rings is 2. The van der Waals surface area contributed by atoms with Gasteiger partial charge in [-0.25, -0.2) is 0 Å². The lowest BCUT2D eigenvalue weighted by atomic mass is 9.57. The first-order valence-electron chi connectivity index (χ1n) is 12.8. The van der Waals surface area contributed by atoms with Crippen LogP contribution in [0.3, 0.4) is 0 Å². The lowest BCUT2D eigenvalue weighted by Gasteiger charge is -2.50. The number of aliphatic hydroxyl groups is 3. The van der Waals surface area contributed by atoms with E-state index in [-0.39, 0.29) is 34.8 Å². The summed E-state index contributed by atoms with van der Waals surface area (Å²) in [5, 5.41) is 46.5. The van der Waals surface area contributed by atoms with Crippen LogP contribution in [0.5, 0.6) is 5.75 Å². The van der Waals surface area contributed by atoms with Crippen LogP contribution >= 0.6 is 23.2 Å². The van der Waals surface area contributed by atoms with Crippen LogP contribution in [0.2, 0.25) is 10.0 Å². The van der Waals surface area contributed by atoms with Gasteiger partial charge < -0.3 is 31.1 Å². The van der Waals surface area contributed by atoms with E-state index >= 15 is 0 Å². The van der Waals surface area contributed by atoms with Crippen molar-refractivity contribution in [1.29, 1.82) is 0 Å². The summed E-state index contributed by atoms with van der Waals surface area (Å²) in [5.41, 5.74) is 3.62. The predicted molar refractivity (Wildman–Crippen MR) is 154 cm³/mol. The number of phenolic OH excluding ortho intramolecular Hbond substituents is 1. The molecule has 1 fully saturated rings. The zero-order valence-electron chi connectivity index (χ0n) is 22.7. The zero-order valence-corrected chi connectivity index (χ0v) is 24.2. The van der Waals surface area contributed by atoms with Crippen LogP contribution in [0.25, 0.3) is 16.9 Å². The minimum absolute atomic E-state index is 0.00596. The van der Waals surface area contributed by atoms with Gasteiger partial charge in [0.2, 0.25) is 5.78 Å². The summed E-state index contributed by atoms with van der Waals surface area (Å²) in [6.07, 6.45) is 0.186. The lowest BCUT2D eigenvalue weighted by Crippen LogP contribution is -2.65. The van der Waals surface area contributed by atoms with Crippen molar-refractivity contribution in [2.45, 2.75) is 24.5 Å². The number of hydrogen-bond acceptors (Lipinski definition) is 9. The predicted octanol–water partition coefficient (Wildman–Crippen LogP) is 3.00. The molecule has 0 spiro atoms. The Hall–Kier alpha value is -3.57. The number of nitrogens with two attached hydrogens (primary N) is 1. The van der Waals surface area contributed by atoms with E-state index in [2.05, 4.69) is 0 Å². The Bertz CT molecular complexity index is 1610. The lowest BCUT2D eigenvalue weighted by molar-refractivity contribution is -0.153. The smallest absolute Gasteiger partial charge is 0.255 e. The maximum atomic E-state index is 14.1. The molecule has 0 radical (unpaired) electrons. The molecule has 6 N–H and O–H groups in total. The van der Waals surface area contributed by atoms with Gasteiger partial charge in [0.1, 0.15) is 22.8 Å². The molecule has 0 heterocycles. The third-order valence-electron chi connectivity index (χ3n) is 8.41. The number of Topliss-reactive ketones (excluding diaryl/α,β-unsaturated/α-hetero) is 2. The van der Waals surface area contributed by atoms with Crippen LogP contribution in [0.4, 0.5) is 5.69 Å². The van der Waals surface area contributed by atoms with Crippen LogP contribution in [-0.4, -0.2) is 82.6 Å². The summed E-state index contributed by atoms with van der Waals surface area (Å²) in [4.78, 5) is 42.8. The highest BCUT2D eigenvalue weighted by Crippen LogP contribution is 2.55. The average molecular weight is 602 g/mol. The molecule has 12 heteroatoms. The highest BCUT2D eigenvalue weighted by molar-refractivity contribution is 6.42. The van der Waals surface area contributed by atoms with E-state index in [1.54, 1.807) is 57.4 Å². The molecule has 216 valence electrons. The van der Waals surface area contributed by atoms with Gasteiger partial charge >= 0.3 is 0 Å². The number of anilines is 1. The van der Waals surface area contributed by atoms with Gasteiger partial charge in [-0.1, -0.05) is 29.3 Å². The van der Waals surface area contributed by atoms with Crippen LogP contribution in [-0.2, 0) is 20.8 Å². The number of nitrogens with zero attached hydrogens (tertiary/aromatic N) is 2. The fourth-order valence-electron chi connectivity index (χ4n) is 6.57. The Morgan fingerprint density at radius 1 is 1.05 bits per heavy atom. The maximum absolute atomic E-state index is 14.1. The number of amides is 1. The van der Waals surface area contributed by atoms with E-state index in [1.807, 2.05) is 0 Å². The molecule has 4 atom stereocenters. The normalized spacial score (nSPS) is 25.7. The molecule has 3 aliphatic carbocycles. The zero-order chi connectivity index (χ0) is 30.3. The molecule has 5 rings (SSSR count). The molecular weight excluding hydrogens is 573 g/mol. The summed E-state index contributed by atoms with van der Waals surface area (Å²) in [5.74, 6) is -6.98. The van der Waals surface area contributed by atoms with E-state index in [9.17, 15) is 34.8 Å². The minimum atomic E-state index is -2.70. The van der Waals surface area contributed by atoms with E-state index < -0.39 is 58.0 Å². The van der Waals surface area contributed by atoms with Crippen LogP contribution in [0.1, 0.15) is 17.5 Å². The number of primary amides is 1. The van der Waals surface area contributed by atoms with Crippen LogP contribution in [0, 0.1) is 11.8 Å². The topological polar surface area (TPSA) is 165 Å². The van der Waals surface area contributed by atoms with Crippen molar-refractivity contribution in [1.82, 2.24) is 4.90 Å². The van der Waals surface area contributed by atoms with Crippen molar-refractivity contribution in [2.75, 3.05) is 33.1 Å². The van der Waals surface area contributed by atoms with Crippen molar-refractivity contribution in [3.63, 3.8) is 0 Å². The van der Waals surface area contributed by atoms with Gasteiger partial charge in [0.15, 0.2) is 11.4 Å². The highest BCUT2D eigenvalue weighted by Gasteiger charge is 2.64. The second-order valence-corrected chi connectivity index (χ2v) is 11.9. The van der Waals surface area contributed by atoms with Crippen molar-refractivity contribution in [3.05, 3.63) is 62.3 Å². The second kappa shape index (κ2) is 9.77. The molecule has 41 heavy (non-hydrogen) atoms. The molecule has 0 aliphatic heterocycles. The van der Waals surface area contributed by atoms with Crippen LogP contribution < -0.4 is 10.6 Å². The number of hydrogen-bond donors (Lipinski definition) is 5. The minimum Gasteiger partial charge on any atom is -0.508 e. The summed E-state index contributed by atoms with van der Waals surface area (Å²) in [7, 11) is 6.70. The van der Waals surface area contributed by atoms with Gasteiger partial charge in [0, 0.05) is 36.8 Å². The molecule has 3 aliphatic rings. The Balaban J connectivity index is 1.78.